The molecule has 7 heteroatoms. The van der Waals surface area contributed by atoms with E-state index in [0.717, 1.165) is 36.6 Å². The predicted octanol–water partition coefficient (Wildman–Crippen LogP) is 3.04. The van der Waals surface area contributed by atoms with Crippen molar-refractivity contribution < 1.29 is 19.2 Å². The summed E-state index contributed by atoms with van der Waals surface area (Å²) in [6.07, 6.45) is 4.95. The van der Waals surface area contributed by atoms with Crippen LogP contribution in [0.3, 0.4) is 0 Å². The molecule has 0 saturated heterocycles. The van der Waals surface area contributed by atoms with Gasteiger partial charge in [-0.25, -0.2) is 4.79 Å². The smallest absolute Gasteiger partial charge is 0.329 e. The number of aromatic nitrogens is 2. The van der Waals surface area contributed by atoms with Crippen LogP contribution in [0.5, 0.6) is 0 Å². The number of carbonyl (C=O) groups is 3. The zero-order chi connectivity index (χ0) is 20.7. The van der Waals surface area contributed by atoms with Crippen molar-refractivity contribution >= 4 is 28.7 Å². The van der Waals surface area contributed by atoms with Crippen molar-refractivity contribution in [1.82, 2.24) is 14.8 Å². The van der Waals surface area contributed by atoms with Crippen LogP contribution < -0.4 is 0 Å². The highest BCUT2D eigenvalue weighted by Crippen LogP contribution is 2.74. The molecule has 3 aromatic rings. The number of fused-ring (bicyclic) bond motifs is 2. The Morgan fingerprint density at radius 2 is 1.73 bits per heavy atom. The highest BCUT2D eigenvalue weighted by molar-refractivity contribution is 6.21. The highest BCUT2D eigenvalue weighted by atomic mass is 16.7. The van der Waals surface area contributed by atoms with E-state index in [1.807, 2.05) is 17.9 Å². The molecule has 1 aromatic heterocycles. The summed E-state index contributed by atoms with van der Waals surface area (Å²) >= 11 is 0. The molecule has 3 saturated carbocycles. The molecule has 3 fully saturated rings. The Labute approximate surface area is 172 Å². The molecule has 1 aliphatic heterocycles. The molecule has 0 atom stereocenters. The Kier molecular flexibility index (Phi) is 3.22. The number of benzene rings is 2. The Morgan fingerprint density at radius 1 is 1.07 bits per heavy atom. The van der Waals surface area contributed by atoms with Crippen LogP contribution in [0, 0.1) is 10.8 Å². The highest BCUT2D eigenvalue weighted by Gasteiger charge is 2.72. The number of aryl methyl sites for hydroxylation is 1. The monoisotopic (exact) mass is 401 g/mol. The summed E-state index contributed by atoms with van der Waals surface area (Å²) in [6, 6.07) is 12.9. The lowest BCUT2D eigenvalue weighted by molar-refractivity contribution is -0.243. The molecule has 0 N–H and O–H groups in total. The molecule has 0 unspecified atom stereocenters. The third-order valence-electron chi connectivity index (χ3n) is 6.89. The number of hydrogen-bond acceptors (Lipinski definition) is 5. The van der Waals surface area contributed by atoms with Crippen LogP contribution in [0.2, 0.25) is 0 Å². The molecule has 7 rings (SSSR count). The maximum absolute atomic E-state index is 12.8. The summed E-state index contributed by atoms with van der Waals surface area (Å²) < 4.78 is 1.85. The van der Waals surface area contributed by atoms with Gasteiger partial charge in [-0.1, -0.05) is 23.3 Å². The van der Waals surface area contributed by atoms with Gasteiger partial charge in [-0.05, 0) is 60.9 Å². The molecule has 4 aliphatic rings. The zero-order valence-corrected chi connectivity index (χ0v) is 16.4. The van der Waals surface area contributed by atoms with Gasteiger partial charge in [0.15, 0.2) is 0 Å². The summed E-state index contributed by atoms with van der Waals surface area (Å²) in [5.74, 6) is -1.62. The Balaban J connectivity index is 1.13. The van der Waals surface area contributed by atoms with E-state index < -0.39 is 23.2 Å². The van der Waals surface area contributed by atoms with Crippen molar-refractivity contribution in [3.8, 4) is 0 Å². The first-order valence-electron chi connectivity index (χ1n) is 10.0. The van der Waals surface area contributed by atoms with Crippen molar-refractivity contribution in [3.63, 3.8) is 0 Å². The third kappa shape index (κ3) is 2.20. The second-order valence-electron chi connectivity index (χ2n) is 8.98. The first kappa shape index (κ1) is 17.4. The fourth-order valence-electron chi connectivity index (χ4n) is 5.59. The van der Waals surface area contributed by atoms with E-state index in [-0.39, 0.29) is 16.5 Å². The molecule has 2 amide bonds. The predicted molar refractivity (Wildman–Crippen MR) is 106 cm³/mol. The standard InChI is InChI=1S/C23H19N3O4/c1-25-18-7-6-14(8-15(18)10-24-25)9-22-11-23(12-22,13-22)21(29)30-26-19(27)16-4-2-3-5-17(16)20(26)28/h2-8,10H,9,11-13H2,1H3. The molecule has 30 heavy (non-hydrogen) atoms. The number of amides is 2. The number of carbonyl (C=O) groups excluding carboxylic acids is 3. The van der Waals surface area contributed by atoms with Crippen molar-refractivity contribution in [2.45, 2.75) is 25.7 Å². The van der Waals surface area contributed by atoms with Gasteiger partial charge in [0.05, 0.1) is 28.3 Å². The van der Waals surface area contributed by atoms with Crippen molar-refractivity contribution in [1.29, 1.82) is 0 Å². The lowest BCUT2D eigenvalue weighted by Gasteiger charge is -2.68. The second-order valence-corrected chi connectivity index (χ2v) is 8.98. The van der Waals surface area contributed by atoms with E-state index in [0.29, 0.717) is 5.06 Å². The van der Waals surface area contributed by atoms with Gasteiger partial charge in [0.1, 0.15) is 0 Å². The largest absolute Gasteiger partial charge is 0.339 e. The summed E-state index contributed by atoms with van der Waals surface area (Å²) in [4.78, 5) is 42.9. The normalized spacial score (nSPS) is 26.4. The molecule has 2 bridgehead atoms. The summed E-state index contributed by atoms with van der Waals surface area (Å²) in [5, 5.41) is 6.02. The van der Waals surface area contributed by atoms with Gasteiger partial charge in [0, 0.05) is 12.4 Å². The minimum atomic E-state index is -0.574. The minimum Gasteiger partial charge on any atom is -0.329 e. The molecule has 2 aromatic carbocycles. The number of imide groups is 1. The van der Waals surface area contributed by atoms with Crippen LogP contribution in [0.15, 0.2) is 48.7 Å². The Hall–Kier alpha value is -3.48. The van der Waals surface area contributed by atoms with E-state index in [2.05, 4.69) is 23.3 Å². The van der Waals surface area contributed by atoms with E-state index in [9.17, 15) is 14.4 Å². The third-order valence-corrected chi connectivity index (χ3v) is 6.89. The quantitative estimate of drug-likeness (QED) is 0.628. The van der Waals surface area contributed by atoms with Gasteiger partial charge in [-0.15, -0.1) is 0 Å². The van der Waals surface area contributed by atoms with Crippen molar-refractivity contribution in [2.24, 2.45) is 17.9 Å². The van der Waals surface area contributed by atoms with E-state index >= 15 is 0 Å². The molecule has 150 valence electrons. The van der Waals surface area contributed by atoms with Crippen LogP contribution in [-0.2, 0) is 23.1 Å². The summed E-state index contributed by atoms with van der Waals surface area (Å²) in [7, 11) is 1.92. The molecule has 2 heterocycles. The summed E-state index contributed by atoms with van der Waals surface area (Å²) in [5.41, 5.74) is 2.42. The molecule has 0 spiro atoms. The summed E-state index contributed by atoms with van der Waals surface area (Å²) in [6.45, 7) is 0. The van der Waals surface area contributed by atoms with Crippen molar-refractivity contribution in [2.75, 3.05) is 0 Å². The maximum Gasteiger partial charge on any atom is 0.339 e. The first-order chi connectivity index (χ1) is 14.4. The topological polar surface area (TPSA) is 81.5 Å². The average Bonchev–Trinajstić information content (AvgIpc) is 3.17. The lowest BCUT2D eigenvalue weighted by Crippen LogP contribution is -2.67. The van der Waals surface area contributed by atoms with Gasteiger partial charge in [0.2, 0.25) is 0 Å². The number of hydroxylamine groups is 2. The van der Waals surface area contributed by atoms with E-state index in [1.54, 1.807) is 24.3 Å². The van der Waals surface area contributed by atoms with Gasteiger partial charge < -0.3 is 4.84 Å². The fraction of sp³-hybridized carbons (Fsp3) is 0.304. The zero-order valence-electron chi connectivity index (χ0n) is 16.4. The fourth-order valence-corrected chi connectivity index (χ4v) is 5.59. The van der Waals surface area contributed by atoms with E-state index in [1.165, 1.54) is 5.56 Å². The molecular formula is C23H19N3O4. The minimum absolute atomic E-state index is 0.108. The molecule has 3 aliphatic carbocycles. The van der Waals surface area contributed by atoms with Crippen LogP contribution >= 0.6 is 0 Å². The number of hydrogen-bond donors (Lipinski definition) is 0. The van der Waals surface area contributed by atoms with Crippen LogP contribution in [-0.4, -0.2) is 32.6 Å². The Morgan fingerprint density at radius 3 is 2.40 bits per heavy atom. The maximum atomic E-state index is 12.8. The first-order valence-corrected chi connectivity index (χ1v) is 10.0. The average molecular weight is 401 g/mol. The van der Waals surface area contributed by atoms with Crippen LogP contribution in [0.1, 0.15) is 45.5 Å². The van der Waals surface area contributed by atoms with Gasteiger partial charge in [-0.2, -0.15) is 5.10 Å². The van der Waals surface area contributed by atoms with Gasteiger partial charge >= 0.3 is 5.97 Å². The SMILES string of the molecule is Cn1ncc2cc(CC34CC(C(=O)ON5C(=O)c6ccccc6C5=O)(C3)C4)ccc21. The van der Waals surface area contributed by atoms with Crippen molar-refractivity contribution in [3.05, 3.63) is 65.4 Å². The lowest BCUT2D eigenvalue weighted by atomic mass is 9.34. The second kappa shape index (κ2) is 5.56. The van der Waals surface area contributed by atoms with Crippen LogP contribution in [0.4, 0.5) is 0 Å². The van der Waals surface area contributed by atoms with Crippen LogP contribution in [0.25, 0.3) is 10.9 Å². The number of nitrogens with zero attached hydrogens (tertiary/aromatic N) is 3. The van der Waals surface area contributed by atoms with Gasteiger partial charge in [-0.3, -0.25) is 14.3 Å². The molecule has 0 radical (unpaired) electrons. The molecule has 7 nitrogen and oxygen atoms in total. The Bertz CT molecular complexity index is 1220. The molecular weight excluding hydrogens is 382 g/mol. The van der Waals surface area contributed by atoms with Gasteiger partial charge in [0.25, 0.3) is 11.8 Å². The van der Waals surface area contributed by atoms with E-state index in [4.69, 9.17) is 4.84 Å². The number of rotatable bonds is 4.